The molecule has 4 aromatic carbocycles. The van der Waals surface area contributed by atoms with E-state index in [2.05, 4.69) is 36.8 Å². The first-order valence-corrected chi connectivity index (χ1v) is 15.0. The number of rotatable bonds is 8. The monoisotopic (exact) mass is 660 g/mol. The third-order valence-corrected chi connectivity index (χ3v) is 7.04. The molecule has 12 heteroatoms. The van der Waals surface area contributed by atoms with Gasteiger partial charge in [0.15, 0.2) is 11.9 Å². The molecule has 0 aliphatic rings. The van der Waals surface area contributed by atoms with Crippen LogP contribution in [0.3, 0.4) is 0 Å². The van der Waals surface area contributed by atoms with Crippen molar-refractivity contribution in [2.75, 3.05) is 10.6 Å². The molecule has 0 radical (unpaired) electrons. The van der Waals surface area contributed by atoms with Gasteiger partial charge in [-0.25, -0.2) is 0 Å². The van der Waals surface area contributed by atoms with Crippen LogP contribution >= 0.6 is 15.9 Å². The summed E-state index contributed by atoms with van der Waals surface area (Å²) in [5.74, 6) is -0.0122. The predicted octanol–water partition coefficient (Wildman–Crippen LogP) is 7.17. The largest absolute Gasteiger partial charge is 0.503 e. The number of carbonyl (C=O) groups is 1. The van der Waals surface area contributed by atoms with Crippen LogP contribution in [0.5, 0.6) is 5.75 Å². The second-order valence-corrected chi connectivity index (χ2v) is 11.3. The Bertz CT molecular complexity index is 1780. The van der Waals surface area contributed by atoms with Crippen molar-refractivity contribution in [3.05, 3.63) is 132 Å². The van der Waals surface area contributed by atoms with Gasteiger partial charge in [0.1, 0.15) is 0 Å². The molecule has 0 unspecified atom stereocenters. The summed E-state index contributed by atoms with van der Waals surface area (Å²) in [6.45, 7) is 0.157. The molecule has 0 aliphatic carbocycles. The molecule has 1 amide bonds. The van der Waals surface area contributed by atoms with Gasteiger partial charge in [0, 0.05) is 27.6 Å². The number of aromatic hydroxyl groups is 1. The summed E-state index contributed by atoms with van der Waals surface area (Å²) in [6.07, 6.45) is 3.22. The van der Waals surface area contributed by atoms with Gasteiger partial charge < -0.3 is 15.7 Å². The van der Waals surface area contributed by atoms with E-state index in [1.165, 1.54) is 30.5 Å². The summed E-state index contributed by atoms with van der Waals surface area (Å²) in [5.41, 5.74) is 3.82. The Morgan fingerprint density at radius 3 is 1.88 bits per heavy atom. The highest BCUT2D eigenvalue weighted by atomic mass is 79.9. The van der Waals surface area contributed by atoms with Gasteiger partial charge in [-0.15, -0.1) is 0 Å². The van der Waals surface area contributed by atoms with Crippen LogP contribution in [0.4, 0.5) is 28.4 Å². The number of nitrogens with one attached hydrogen (secondary N) is 2. The summed E-state index contributed by atoms with van der Waals surface area (Å²) in [4.78, 5) is 11.6. The fraction of sp³-hybridized carbons (Fsp3) is 0.0323. The molecule has 1 heterocycles. The number of amides is 1. The summed E-state index contributed by atoms with van der Waals surface area (Å²) >= 11 is 3.33. The summed E-state index contributed by atoms with van der Waals surface area (Å²) in [6, 6.07) is 33.3. The maximum absolute atomic E-state index is 11.8. The van der Waals surface area contributed by atoms with Crippen molar-refractivity contribution in [2.24, 2.45) is 10.2 Å². The van der Waals surface area contributed by atoms with E-state index in [0.717, 1.165) is 21.5 Å². The fourth-order valence-corrected chi connectivity index (χ4v) is 4.35. The Labute approximate surface area is 257 Å². The van der Waals surface area contributed by atoms with Crippen LogP contribution in [0.25, 0.3) is 0 Å². The molecule has 0 atom stereocenters. The zero-order chi connectivity index (χ0) is 30.7. The van der Waals surface area contributed by atoms with Gasteiger partial charge in [-0.05, 0) is 91.0 Å². The average molecular weight is 662 g/mol. The topological polar surface area (TPSA) is 144 Å². The molecular formula is C31H27BrN5O5S+. The van der Waals surface area contributed by atoms with Crippen molar-refractivity contribution in [3.8, 4) is 5.75 Å². The minimum Gasteiger partial charge on any atom is -0.503 e. The van der Waals surface area contributed by atoms with Crippen LogP contribution in [-0.4, -0.2) is 24.0 Å². The van der Waals surface area contributed by atoms with Crippen molar-refractivity contribution in [1.29, 1.82) is 0 Å². The molecule has 10 nitrogen and oxygen atoms in total. The van der Waals surface area contributed by atoms with Crippen molar-refractivity contribution < 1.29 is 27.4 Å². The van der Waals surface area contributed by atoms with Crippen molar-refractivity contribution in [3.63, 3.8) is 0 Å². The van der Waals surface area contributed by atoms with Gasteiger partial charge in [-0.2, -0.15) is 23.2 Å². The number of nitrogens with zero attached hydrogens (tertiary/aromatic N) is 3. The first-order valence-electron chi connectivity index (χ1n) is 12.8. The molecule has 0 saturated carbocycles. The molecule has 0 fully saturated rings. The van der Waals surface area contributed by atoms with Gasteiger partial charge in [-0.1, -0.05) is 34.1 Å². The average Bonchev–Trinajstić information content (AvgIpc) is 2.99. The molecule has 218 valence electrons. The van der Waals surface area contributed by atoms with E-state index in [-0.39, 0.29) is 23.1 Å². The lowest BCUT2D eigenvalue weighted by Crippen LogP contribution is -2.39. The normalized spacial score (nSPS) is 10.9. The molecule has 0 saturated heterocycles. The van der Waals surface area contributed by atoms with Gasteiger partial charge >= 0.3 is 0 Å². The highest BCUT2D eigenvalue weighted by Crippen LogP contribution is 2.23. The lowest BCUT2D eigenvalue weighted by Gasteiger charge is -2.05. The Morgan fingerprint density at radius 2 is 1.30 bits per heavy atom. The van der Waals surface area contributed by atoms with Crippen LogP contribution in [0.15, 0.2) is 147 Å². The lowest BCUT2D eigenvalue weighted by molar-refractivity contribution is -0.684. The molecule has 0 bridgehead atoms. The predicted molar refractivity (Wildman–Crippen MR) is 168 cm³/mol. The number of azo groups is 1. The SMILES string of the molecule is O=C(C[n+]1cccc(O)c1)Nc1ccc(Br)cc1.O=S(=O)(O)c1ccc(N=Nc2ccc(Nc3ccccc3)cc2)cc1. The quantitative estimate of drug-likeness (QED) is 0.0789. The summed E-state index contributed by atoms with van der Waals surface area (Å²) in [5, 5.41) is 23.5. The zero-order valence-electron chi connectivity index (χ0n) is 22.6. The molecule has 5 aromatic rings. The van der Waals surface area contributed by atoms with Crippen LogP contribution in [0, 0.1) is 0 Å². The van der Waals surface area contributed by atoms with E-state index in [9.17, 15) is 18.3 Å². The standard InChI is InChI=1S/C18H15N3O3S.C13H11BrN2O2/c22-25(23,24)18-12-10-17(11-13-18)21-20-16-8-6-15(7-9-16)19-14-4-2-1-3-5-14;14-10-3-5-11(6-4-10)15-13(18)9-16-7-1-2-12(17)8-16/h1-13,19H,(H,22,23,24);1-8H,9H2,(H-,15,17,18)/p+1. The molecule has 0 aliphatic heterocycles. The van der Waals surface area contributed by atoms with Crippen LogP contribution in [0.2, 0.25) is 0 Å². The molecule has 0 spiro atoms. The lowest BCUT2D eigenvalue weighted by atomic mass is 10.2. The van der Waals surface area contributed by atoms with E-state index in [0.29, 0.717) is 11.4 Å². The number of aromatic nitrogens is 1. The van der Waals surface area contributed by atoms with Crippen molar-refractivity contribution >= 4 is 60.4 Å². The number of benzene rings is 4. The van der Waals surface area contributed by atoms with E-state index in [1.807, 2.05) is 78.9 Å². The molecule has 4 N–H and O–H groups in total. The maximum Gasteiger partial charge on any atom is 0.294 e. The van der Waals surface area contributed by atoms with Gasteiger partial charge in [0.25, 0.3) is 16.0 Å². The number of pyridine rings is 1. The van der Waals surface area contributed by atoms with E-state index < -0.39 is 10.1 Å². The number of carbonyl (C=O) groups excluding carboxylic acids is 1. The van der Waals surface area contributed by atoms with Gasteiger partial charge in [0.05, 0.1) is 16.3 Å². The summed E-state index contributed by atoms with van der Waals surface area (Å²) in [7, 11) is -4.20. The Hall–Kier alpha value is -4.91. The molecular weight excluding hydrogens is 634 g/mol. The molecule has 43 heavy (non-hydrogen) atoms. The molecule has 5 rings (SSSR count). The zero-order valence-corrected chi connectivity index (χ0v) is 25.0. The van der Waals surface area contributed by atoms with Gasteiger partial charge in [-0.3, -0.25) is 9.35 Å². The van der Waals surface area contributed by atoms with Crippen molar-refractivity contribution in [2.45, 2.75) is 11.4 Å². The second-order valence-electron chi connectivity index (χ2n) is 9.00. The van der Waals surface area contributed by atoms with Crippen LogP contribution in [-0.2, 0) is 21.5 Å². The third kappa shape index (κ3) is 10.5. The highest BCUT2D eigenvalue weighted by Gasteiger charge is 2.10. The first kappa shape index (κ1) is 31.0. The van der Waals surface area contributed by atoms with Crippen molar-refractivity contribution in [1.82, 2.24) is 0 Å². The maximum atomic E-state index is 11.8. The second kappa shape index (κ2) is 14.8. The number of para-hydroxylation sites is 1. The minimum atomic E-state index is -4.20. The summed E-state index contributed by atoms with van der Waals surface area (Å²) < 4.78 is 33.5. The smallest absolute Gasteiger partial charge is 0.294 e. The molecule has 1 aromatic heterocycles. The number of anilines is 3. The van der Waals surface area contributed by atoms with Crippen LogP contribution in [0.1, 0.15) is 0 Å². The highest BCUT2D eigenvalue weighted by molar-refractivity contribution is 9.10. The van der Waals surface area contributed by atoms with E-state index in [4.69, 9.17) is 4.55 Å². The number of hydrogen-bond acceptors (Lipinski definition) is 7. The van der Waals surface area contributed by atoms with E-state index in [1.54, 1.807) is 22.9 Å². The minimum absolute atomic E-state index is 0.133. The fourth-order valence-electron chi connectivity index (χ4n) is 3.61. The van der Waals surface area contributed by atoms with E-state index >= 15 is 0 Å². The van der Waals surface area contributed by atoms with Gasteiger partial charge in [0.2, 0.25) is 12.7 Å². The Balaban J connectivity index is 0.000000208. The third-order valence-electron chi connectivity index (χ3n) is 5.64. The Kier molecular flexibility index (Phi) is 10.7. The number of halogens is 1. The number of hydrogen-bond donors (Lipinski definition) is 4. The van der Waals surface area contributed by atoms with Crippen LogP contribution < -0.4 is 15.2 Å². The Morgan fingerprint density at radius 1 is 0.744 bits per heavy atom. The first-order chi connectivity index (χ1) is 20.6.